The molecule has 1 aromatic rings. The van der Waals surface area contributed by atoms with Crippen LogP contribution in [0.3, 0.4) is 0 Å². The van der Waals surface area contributed by atoms with Gasteiger partial charge in [-0.15, -0.1) is 0 Å². The second kappa shape index (κ2) is 3.05. The van der Waals surface area contributed by atoms with Gasteiger partial charge in [0.2, 0.25) is 0 Å². The van der Waals surface area contributed by atoms with Crippen LogP contribution in [-0.2, 0) is 11.2 Å². The van der Waals surface area contributed by atoms with Crippen molar-refractivity contribution in [3.8, 4) is 5.75 Å². The summed E-state index contributed by atoms with van der Waals surface area (Å²) in [6.45, 7) is 1.99. The van der Waals surface area contributed by atoms with Crippen LogP contribution in [0.25, 0.3) is 5.57 Å². The number of aromatic hydroxyl groups is 1. The number of carbonyl (C=O) groups excluding carboxylic acids is 1. The van der Waals surface area contributed by atoms with Gasteiger partial charge in [0.1, 0.15) is 5.75 Å². The smallest absolute Gasteiger partial charge is 0.161 e. The molecule has 1 fully saturated rings. The molecular formula is C16H16O2. The maximum atomic E-state index is 12.3. The molecule has 0 saturated heterocycles. The van der Waals surface area contributed by atoms with Crippen LogP contribution >= 0.6 is 0 Å². The molecule has 2 heteroatoms. The van der Waals surface area contributed by atoms with Crippen molar-refractivity contribution < 1.29 is 9.90 Å². The van der Waals surface area contributed by atoms with Gasteiger partial charge in [-0.05, 0) is 67.0 Å². The highest BCUT2D eigenvalue weighted by Crippen LogP contribution is 2.62. The lowest BCUT2D eigenvalue weighted by atomic mass is 9.71. The van der Waals surface area contributed by atoms with Gasteiger partial charge in [-0.2, -0.15) is 0 Å². The van der Waals surface area contributed by atoms with Gasteiger partial charge >= 0.3 is 0 Å². The third kappa shape index (κ3) is 1.07. The fourth-order valence-electron chi connectivity index (χ4n) is 4.48. The zero-order valence-electron chi connectivity index (χ0n) is 10.5. The number of phenols is 1. The van der Waals surface area contributed by atoms with Gasteiger partial charge in [-0.3, -0.25) is 4.79 Å². The molecule has 1 aromatic carbocycles. The molecule has 4 rings (SSSR count). The van der Waals surface area contributed by atoms with E-state index in [4.69, 9.17) is 0 Å². The van der Waals surface area contributed by atoms with Crippen molar-refractivity contribution >= 4 is 11.4 Å². The minimum Gasteiger partial charge on any atom is -0.508 e. The summed E-state index contributed by atoms with van der Waals surface area (Å²) in [6, 6.07) is 5.61. The molecule has 1 saturated carbocycles. The Labute approximate surface area is 106 Å². The Balaban J connectivity index is 2.01. The molecule has 0 unspecified atom stereocenters. The fraction of sp³-hybridized carbons (Fsp3) is 0.438. The van der Waals surface area contributed by atoms with Gasteiger partial charge in [-0.1, -0.05) is 6.07 Å². The van der Waals surface area contributed by atoms with E-state index in [-0.39, 0.29) is 11.3 Å². The van der Waals surface area contributed by atoms with Crippen molar-refractivity contribution in [3.63, 3.8) is 0 Å². The van der Waals surface area contributed by atoms with Crippen molar-refractivity contribution in [2.75, 3.05) is 0 Å². The van der Waals surface area contributed by atoms with Crippen LogP contribution in [0.1, 0.15) is 37.3 Å². The normalized spacial score (nSPS) is 32.7. The summed E-state index contributed by atoms with van der Waals surface area (Å²) in [6.07, 6.45) is 4.20. The quantitative estimate of drug-likeness (QED) is 0.756. The number of Topliss-reactive ketones (excluding diaryl/α,β-unsaturated/α-hetero) is 1. The highest BCUT2D eigenvalue weighted by atomic mass is 16.3. The first-order valence-corrected chi connectivity index (χ1v) is 6.69. The summed E-state index contributed by atoms with van der Waals surface area (Å²) in [5.74, 6) is 0.957. The summed E-state index contributed by atoms with van der Waals surface area (Å²) < 4.78 is 0. The minimum absolute atomic E-state index is 0.207. The maximum absolute atomic E-state index is 12.3. The summed E-state index contributed by atoms with van der Waals surface area (Å²) in [5, 5.41) is 9.63. The average Bonchev–Trinajstić information content (AvgIpc) is 2.86. The summed E-state index contributed by atoms with van der Waals surface area (Å²) in [4.78, 5) is 12.3. The molecule has 3 aliphatic rings. The Morgan fingerprint density at radius 1 is 1.39 bits per heavy atom. The third-order valence-electron chi connectivity index (χ3n) is 5.14. The zero-order chi connectivity index (χ0) is 12.5. The van der Waals surface area contributed by atoms with E-state index in [9.17, 15) is 9.90 Å². The Kier molecular flexibility index (Phi) is 1.76. The van der Waals surface area contributed by atoms with E-state index in [0.717, 1.165) is 31.3 Å². The van der Waals surface area contributed by atoms with Crippen molar-refractivity contribution in [2.24, 2.45) is 11.3 Å². The van der Waals surface area contributed by atoms with Crippen molar-refractivity contribution in [3.05, 3.63) is 34.9 Å². The molecule has 92 valence electrons. The molecule has 18 heavy (non-hydrogen) atoms. The SMILES string of the molecule is CC1=C2c3ccc(O)cc3C[C@]23CC[C@@H](C3)C1=O. The first kappa shape index (κ1) is 10.4. The van der Waals surface area contributed by atoms with Gasteiger partial charge in [0.05, 0.1) is 0 Å². The highest BCUT2D eigenvalue weighted by Gasteiger charge is 2.53. The van der Waals surface area contributed by atoms with Crippen LogP contribution in [0, 0.1) is 11.3 Å². The number of allylic oxidation sites excluding steroid dienone is 2. The van der Waals surface area contributed by atoms with Gasteiger partial charge in [-0.25, -0.2) is 0 Å². The number of carbonyl (C=O) groups is 1. The molecule has 0 aliphatic heterocycles. The Morgan fingerprint density at radius 3 is 3.06 bits per heavy atom. The Hall–Kier alpha value is -1.57. The third-order valence-corrected chi connectivity index (χ3v) is 5.14. The van der Waals surface area contributed by atoms with Gasteiger partial charge in [0.15, 0.2) is 5.78 Å². The van der Waals surface area contributed by atoms with Crippen molar-refractivity contribution in [1.29, 1.82) is 0 Å². The van der Waals surface area contributed by atoms with E-state index in [1.165, 1.54) is 16.7 Å². The highest BCUT2D eigenvalue weighted by molar-refractivity contribution is 6.08. The maximum Gasteiger partial charge on any atom is 0.161 e. The van der Waals surface area contributed by atoms with E-state index in [1.54, 1.807) is 6.07 Å². The molecule has 2 atom stereocenters. The van der Waals surface area contributed by atoms with E-state index >= 15 is 0 Å². The number of hydrogen-bond donors (Lipinski definition) is 1. The van der Waals surface area contributed by atoms with Gasteiger partial charge in [0.25, 0.3) is 0 Å². The molecule has 1 N–H and O–H groups in total. The van der Waals surface area contributed by atoms with E-state index in [2.05, 4.69) is 0 Å². The van der Waals surface area contributed by atoms with Crippen molar-refractivity contribution in [1.82, 2.24) is 0 Å². The average molecular weight is 240 g/mol. The molecule has 3 aliphatic carbocycles. The molecular weight excluding hydrogens is 224 g/mol. The van der Waals surface area contributed by atoms with Crippen LogP contribution < -0.4 is 0 Å². The second-order valence-electron chi connectivity index (χ2n) is 6.10. The van der Waals surface area contributed by atoms with Crippen molar-refractivity contribution in [2.45, 2.75) is 32.6 Å². The summed E-state index contributed by atoms with van der Waals surface area (Å²) >= 11 is 0. The van der Waals surface area contributed by atoms with E-state index < -0.39 is 0 Å². The largest absolute Gasteiger partial charge is 0.508 e. The lowest BCUT2D eigenvalue weighted by Crippen LogP contribution is -2.26. The van der Waals surface area contributed by atoms with Crippen LogP contribution in [0.2, 0.25) is 0 Å². The predicted octanol–water partition coefficient (Wildman–Crippen LogP) is 3.09. The zero-order valence-corrected chi connectivity index (χ0v) is 10.5. The van der Waals surface area contributed by atoms with Crippen LogP contribution in [0.4, 0.5) is 0 Å². The van der Waals surface area contributed by atoms with Crippen LogP contribution in [-0.4, -0.2) is 10.9 Å². The fourth-order valence-corrected chi connectivity index (χ4v) is 4.48. The number of benzene rings is 1. The second-order valence-corrected chi connectivity index (χ2v) is 6.10. The summed E-state index contributed by atoms with van der Waals surface area (Å²) in [7, 11) is 0. The van der Waals surface area contributed by atoms with E-state index in [0.29, 0.717) is 11.5 Å². The lowest BCUT2D eigenvalue weighted by molar-refractivity contribution is -0.119. The Bertz CT molecular complexity index is 612. The Morgan fingerprint density at radius 2 is 2.22 bits per heavy atom. The van der Waals surface area contributed by atoms with Gasteiger partial charge < -0.3 is 5.11 Å². The molecule has 1 spiro atoms. The number of phenolic OH excluding ortho intramolecular Hbond substituents is 1. The monoisotopic (exact) mass is 240 g/mol. The molecule has 0 radical (unpaired) electrons. The van der Waals surface area contributed by atoms with E-state index in [1.807, 2.05) is 19.1 Å². The first-order chi connectivity index (χ1) is 8.61. The number of rotatable bonds is 0. The molecule has 2 bridgehead atoms. The van der Waals surface area contributed by atoms with Crippen LogP contribution in [0.5, 0.6) is 5.75 Å². The molecule has 2 nitrogen and oxygen atoms in total. The number of ketones is 1. The molecule has 0 aromatic heterocycles. The standard InChI is InChI=1S/C16H16O2/c1-9-14-13-3-2-12(17)6-11(13)8-16(14)5-4-10(7-16)15(9)18/h2-3,6,10,17H,4-5,7-8H2,1H3/t10-,16+/m0/s1. The number of hydrogen-bond acceptors (Lipinski definition) is 2. The predicted molar refractivity (Wildman–Crippen MR) is 69.2 cm³/mol. The molecule has 0 amide bonds. The number of fused-ring (bicyclic) bond motifs is 3. The minimum atomic E-state index is 0.207. The first-order valence-electron chi connectivity index (χ1n) is 6.69. The topological polar surface area (TPSA) is 37.3 Å². The molecule has 0 heterocycles. The lowest BCUT2D eigenvalue weighted by Gasteiger charge is -2.31. The van der Waals surface area contributed by atoms with Crippen LogP contribution in [0.15, 0.2) is 23.8 Å². The van der Waals surface area contributed by atoms with Gasteiger partial charge in [0, 0.05) is 11.3 Å². The summed E-state index contributed by atoms with van der Waals surface area (Å²) in [5.41, 5.74) is 4.90.